The maximum absolute atomic E-state index is 11.0. The van der Waals surface area contributed by atoms with Gasteiger partial charge in [-0.1, -0.05) is 61.5 Å². The maximum Gasteiger partial charge on any atom is 0.123 e. The number of phenolic OH excluding ortho intramolecular Hbond substituents is 1. The summed E-state index contributed by atoms with van der Waals surface area (Å²) in [6, 6.07) is 0. The Morgan fingerprint density at radius 3 is 1.86 bits per heavy atom. The highest BCUT2D eigenvalue weighted by molar-refractivity contribution is 5.75. The molecule has 0 bridgehead atoms. The summed E-state index contributed by atoms with van der Waals surface area (Å²) < 4.78 is 0. The van der Waals surface area contributed by atoms with E-state index >= 15 is 0 Å². The highest BCUT2D eigenvalue weighted by Gasteiger charge is 2.28. The number of benzene rings is 1. The zero-order valence-corrected chi connectivity index (χ0v) is 15.7. The van der Waals surface area contributed by atoms with Gasteiger partial charge >= 0.3 is 0 Å². The standard InChI is InChI=1S/C21H34O/c1-9-13-17-15(11-3)18(14(5)10-2)16(12-4)19(20(17)22)21(6,7)8/h22H,5,9-13H2,1-4,6-8H3. The summed E-state index contributed by atoms with van der Waals surface area (Å²) in [5.41, 5.74) is 7.37. The minimum Gasteiger partial charge on any atom is -0.507 e. The Balaban J connectivity index is 3.94. The van der Waals surface area contributed by atoms with Crippen LogP contribution in [0.2, 0.25) is 0 Å². The second-order valence-electron chi connectivity index (χ2n) is 7.20. The number of phenols is 1. The van der Waals surface area contributed by atoms with Crippen molar-refractivity contribution in [2.75, 3.05) is 0 Å². The average molecular weight is 303 g/mol. The molecular weight excluding hydrogens is 268 g/mol. The van der Waals surface area contributed by atoms with E-state index in [0.29, 0.717) is 5.75 Å². The van der Waals surface area contributed by atoms with Crippen molar-refractivity contribution >= 4 is 5.57 Å². The van der Waals surface area contributed by atoms with Crippen molar-refractivity contribution in [2.45, 2.75) is 86.0 Å². The first-order chi connectivity index (χ1) is 10.2. The van der Waals surface area contributed by atoms with Gasteiger partial charge in [0, 0.05) is 5.56 Å². The number of aromatic hydroxyl groups is 1. The van der Waals surface area contributed by atoms with Crippen molar-refractivity contribution in [3.05, 3.63) is 34.4 Å². The molecule has 0 radical (unpaired) electrons. The van der Waals surface area contributed by atoms with Crippen LogP contribution in [-0.4, -0.2) is 5.11 Å². The predicted octanol–water partition coefficient (Wildman–Crippen LogP) is 6.19. The van der Waals surface area contributed by atoms with E-state index in [1.165, 1.54) is 22.3 Å². The van der Waals surface area contributed by atoms with Gasteiger partial charge in [-0.15, -0.1) is 0 Å². The van der Waals surface area contributed by atoms with E-state index in [-0.39, 0.29) is 5.41 Å². The topological polar surface area (TPSA) is 20.2 Å². The summed E-state index contributed by atoms with van der Waals surface area (Å²) in [5, 5.41) is 11.0. The third-order valence-corrected chi connectivity index (χ3v) is 4.53. The Hall–Kier alpha value is -1.24. The lowest BCUT2D eigenvalue weighted by Crippen LogP contribution is -2.19. The van der Waals surface area contributed by atoms with Crippen LogP contribution >= 0.6 is 0 Å². The first-order valence-corrected chi connectivity index (χ1v) is 8.82. The molecular formula is C21H34O. The van der Waals surface area contributed by atoms with E-state index in [1.54, 1.807) is 0 Å². The monoisotopic (exact) mass is 302 g/mol. The first-order valence-electron chi connectivity index (χ1n) is 8.82. The van der Waals surface area contributed by atoms with E-state index in [4.69, 9.17) is 0 Å². The zero-order chi connectivity index (χ0) is 17.1. The van der Waals surface area contributed by atoms with E-state index in [9.17, 15) is 5.11 Å². The van der Waals surface area contributed by atoms with Crippen molar-refractivity contribution in [3.8, 4) is 5.75 Å². The van der Waals surface area contributed by atoms with Crippen molar-refractivity contribution in [1.82, 2.24) is 0 Å². The Bertz CT molecular complexity index is 544. The second kappa shape index (κ2) is 7.35. The third-order valence-electron chi connectivity index (χ3n) is 4.53. The van der Waals surface area contributed by atoms with Gasteiger partial charge < -0.3 is 5.11 Å². The number of hydrogen-bond donors (Lipinski definition) is 1. The summed E-state index contributed by atoms with van der Waals surface area (Å²) in [5.74, 6) is 0.538. The van der Waals surface area contributed by atoms with Gasteiger partial charge in [0.05, 0.1) is 0 Å². The van der Waals surface area contributed by atoms with Gasteiger partial charge in [-0.2, -0.15) is 0 Å². The van der Waals surface area contributed by atoms with Crippen molar-refractivity contribution in [2.24, 2.45) is 0 Å². The van der Waals surface area contributed by atoms with Crippen LogP contribution in [0.1, 0.15) is 89.1 Å². The Kier molecular flexibility index (Phi) is 6.28. The molecule has 0 unspecified atom stereocenters. The molecule has 0 aliphatic heterocycles. The molecule has 0 saturated carbocycles. The predicted molar refractivity (Wildman–Crippen MR) is 98.9 cm³/mol. The summed E-state index contributed by atoms with van der Waals surface area (Å²) in [4.78, 5) is 0. The molecule has 0 heterocycles. The molecule has 0 aromatic heterocycles. The van der Waals surface area contributed by atoms with Crippen molar-refractivity contribution in [1.29, 1.82) is 0 Å². The molecule has 1 nitrogen and oxygen atoms in total. The van der Waals surface area contributed by atoms with Crippen LogP contribution in [0.15, 0.2) is 6.58 Å². The lowest BCUT2D eigenvalue weighted by atomic mass is 9.75. The molecule has 0 amide bonds. The normalized spacial score (nSPS) is 11.8. The highest BCUT2D eigenvalue weighted by atomic mass is 16.3. The summed E-state index contributed by atoms with van der Waals surface area (Å²) in [6.07, 6.45) is 4.84. The first kappa shape index (κ1) is 18.8. The zero-order valence-electron chi connectivity index (χ0n) is 15.7. The molecule has 0 aliphatic carbocycles. The van der Waals surface area contributed by atoms with E-state index in [1.807, 2.05) is 0 Å². The number of hydrogen-bond acceptors (Lipinski definition) is 1. The SMILES string of the molecule is C=C(CC)c1c(CC)c(CCC)c(O)c(C(C)(C)C)c1CC. The van der Waals surface area contributed by atoms with Crippen LogP contribution < -0.4 is 0 Å². The molecule has 1 aromatic rings. The smallest absolute Gasteiger partial charge is 0.123 e. The van der Waals surface area contributed by atoms with Crippen LogP contribution in [0.4, 0.5) is 0 Å². The third kappa shape index (κ3) is 3.39. The van der Waals surface area contributed by atoms with Crippen LogP contribution in [0.25, 0.3) is 5.57 Å². The molecule has 1 heteroatoms. The lowest BCUT2D eigenvalue weighted by Gasteiger charge is -2.30. The molecule has 0 spiro atoms. The molecule has 22 heavy (non-hydrogen) atoms. The average Bonchev–Trinajstić information content (AvgIpc) is 2.46. The Labute approximate surface area is 137 Å². The minimum atomic E-state index is -0.0625. The van der Waals surface area contributed by atoms with Gasteiger partial charge in [-0.05, 0) is 58.9 Å². The second-order valence-corrected chi connectivity index (χ2v) is 7.20. The molecule has 0 fully saturated rings. The number of rotatable bonds is 6. The van der Waals surface area contributed by atoms with Gasteiger partial charge in [0.25, 0.3) is 0 Å². The van der Waals surface area contributed by atoms with Gasteiger partial charge in [-0.25, -0.2) is 0 Å². The molecule has 1 N–H and O–H groups in total. The largest absolute Gasteiger partial charge is 0.507 e. The molecule has 1 aromatic carbocycles. The fourth-order valence-corrected chi connectivity index (χ4v) is 3.57. The summed E-state index contributed by atoms with van der Waals surface area (Å²) >= 11 is 0. The van der Waals surface area contributed by atoms with Crippen LogP contribution in [0.3, 0.4) is 0 Å². The van der Waals surface area contributed by atoms with Crippen LogP contribution in [-0.2, 0) is 24.7 Å². The van der Waals surface area contributed by atoms with Crippen molar-refractivity contribution < 1.29 is 5.11 Å². The summed E-state index contributed by atoms with van der Waals surface area (Å²) in [6.45, 7) is 19.6. The van der Waals surface area contributed by atoms with Crippen molar-refractivity contribution in [3.63, 3.8) is 0 Å². The number of allylic oxidation sites excluding steroid dienone is 1. The van der Waals surface area contributed by atoms with Crippen LogP contribution in [0.5, 0.6) is 5.75 Å². The van der Waals surface area contributed by atoms with E-state index in [0.717, 1.165) is 43.2 Å². The quantitative estimate of drug-likeness (QED) is 0.664. The fraction of sp³-hybridized carbons (Fsp3) is 0.619. The fourth-order valence-electron chi connectivity index (χ4n) is 3.57. The van der Waals surface area contributed by atoms with Crippen LogP contribution in [0, 0.1) is 0 Å². The maximum atomic E-state index is 11.0. The lowest BCUT2D eigenvalue weighted by molar-refractivity contribution is 0.436. The van der Waals surface area contributed by atoms with Gasteiger partial charge in [0.15, 0.2) is 0 Å². The molecule has 0 atom stereocenters. The van der Waals surface area contributed by atoms with Gasteiger partial charge in [0.2, 0.25) is 0 Å². The van der Waals surface area contributed by atoms with E-state index < -0.39 is 0 Å². The molecule has 1 rings (SSSR count). The highest BCUT2D eigenvalue weighted by Crippen LogP contribution is 2.43. The van der Waals surface area contributed by atoms with Gasteiger partial charge in [0.1, 0.15) is 5.75 Å². The Morgan fingerprint density at radius 1 is 0.955 bits per heavy atom. The molecule has 124 valence electrons. The van der Waals surface area contributed by atoms with Gasteiger partial charge in [-0.3, -0.25) is 0 Å². The Morgan fingerprint density at radius 2 is 1.50 bits per heavy atom. The summed E-state index contributed by atoms with van der Waals surface area (Å²) in [7, 11) is 0. The molecule has 0 aliphatic rings. The molecule has 0 saturated heterocycles. The van der Waals surface area contributed by atoms with E-state index in [2.05, 4.69) is 55.0 Å². The minimum absolute atomic E-state index is 0.0625.